The summed E-state index contributed by atoms with van der Waals surface area (Å²) in [6.45, 7) is 0. The van der Waals surface area contributed by atoms with Crippen LogP contribution in [0.2, 0.25) is 0 Å². The number of hydrogen-bond acceptors (Lipinski definition) is 3. The summed E-state index contributed by atoms with van der Waals surface area (Å²) in [6.07, 6.45) is 1.54. The fourth-order valence-corrected chi connectivity index (χ4v) is 1.66. The van der Waals surface area contributed by atoms with E-state index in [9.17, 15) is 4.79 Å². The lowest BCUT2D eigenvalue weighted by Gasteiger charge is -2.05. The van der Waals surface area contributed by atoms with Crippen LogP contribution in [0.15, 0.2) is 30.5 Å². The molecule has 0 spiro atoms. The summed E-state index contributed by atoms with van der Waals surface area (Å²) in [5.41, 5.74) is 1.60. The van der Waals surface area contributed by atoms with Crippen LogP contribution < -0.4 is 4.74 Å². The molecule has 0 aliphatic carbocycles. The normalized spacial score (nSPS) is 10.2. The smallest absolute Gasteiger partial charge is 0.372 e. The summed E-state index contributed by atoms with van der Waals surface area (Å²) in [6, 6.07) is 7.40. The Bertz CT molecular complexity index is 561. The van der Waals surface area contributed by atoms with Crippen LogP contribution in [0, 0.1) is 0 Å². The maximum absolute atomic E-state index is 10.9. The molecule has 0 saturated carbocycles. The minimum Gasteiger partial charge on any atom is -0.497 e. The number of hydrogen-bond donors (Lipinski definition) is 1. The highest BCUT2D eigenvalue weighted by atomic mass is 16.5. The molecular formula is C12H12N2O3. The highest BCUT2D eigenvalue weighted by Crippen LogP contribution is 2.23. The molecule has 1 N–H and O–H groups in total. The Morgan fingerprint density at radius 3 is 2.82 bits per heavy atom. The van der Waals surface area contributed by atoms with E-state index in [-0.39, 0.29) is 5.82 Å². The third-order valence-corrected chi connectivity index (χ3v) is 2.54. The zero-order valence-electron chi connectivity index (χ0n) is 9.54. The Hall–Kier alpha value is -2.30. The van der Waals surface area contributed by atoms with Crippen LogP contribution in [0.1, 0.15) is 10.6 Å². The SMILES string of the molecule is COc1cccc(-c2cnc(C(=O)O)n2C)c1. The van der Waals surface area contributed by atoms with E-state index in [0.29, 0.717) is 0 Å². The lowest BCUT2D eigenvalue weighted by Crippen LogP contribution is -2.06. The summed E-state index contributed by atoms with van der Waals surface area (Å²) in [5.74, 6) is -0.301. The van der Waals surface area contributed by atoms with E-state index in [1.807, 2.05) is 24.3 Å². The molecule has 0 bridgehead atoms. The van der Waals surface area contributed by atoms with Crippen molar-refractivity contribution in [2.24, 2.45) is 7.05 Å². The lowest BCUT2D eigenvalue weighted by atomic mass is 10.1. The Labute approximate surface area is 98.3 Å². The van der Waals surface area contributed by atoms with Gasteiger partial charge in [0.05, 0.1) is 19.0 Å². The maximum atomic E-state index is 10.9. The van der Waals surface area contributed by atoms with Gasteiger partial charge in [-0.3, -0.25) is 0 Å². The molecule has 5 nitrogen and oxygen atoms in total. The van der Waals surface area contributed by atoms with Gasteiger partial charge in [-0.2, -0.15) is 0 Å². The predicted molar refractivity (Wildman–Crippen MR) is 62.2 cm³/mol. The summed E-state index contributed by atoms with van der Waals surface area (Å²) in [4.78, 5) is 14.8. The van der Waals surface area contributed by atoms with E-state index < -0.39 is 5.97 Å². The van der Waals surface area contributed by atoms with Gasteiger partial charge in [-0.1, -0.05) is 12.1 Å². The van der Waals surface area contributed by atoms with Crippen molar-refractivity contribution in [1.82, 2.24) is 9.55 Å². The quantitative estimate of drug-likeness (QED) is 0.876. The van der Waals surface area contributed by atoms with Crippen molar-refractivity contribution < 1.29 is 14.6 Å². The zero-order valence-corrected chi connectivity index (χ0v) is 9.54. The number of carboxylic acid groups (broad SMARTS) is 1. The second-order valence-electron chi connectivity index (χ2n) is 3.56. The van der Waals surface area contributed by atoms with Crippen molar-refractivity contribution in [1.29, 1.82) is 0 Å². The Balaban J connectivity index is 2.49. The largest absolute Gasteiger partial charge is 0.497 e. The maximum Gasteiger partial charge on any atom is 0.372 e. The molecule has 0 atom stereocenters. The summed E-state index contributed by atoms with van der Waals surface area (Å²) < 4.78 is 6.66. The van der Waals surface area contributed by atoms with Gasteiger partial charge in [0.25, 0.3) is 0 Å². The van der Waals surface area contributed by atoms with E-state index in [1.54, 1.807) is 14.2 Å². The van der Waals surface area contributed by atoms with Crippen molar-refractivity contribution in [2.45, 2.75) is 0 Å². The molecule has 0 unspecified atom stereocenters. The van der Waals surface area contributed by atoms with Gasteiger partial charge in [0, 0.05) is 12.6 Å². The van der Waals surface area contributed by atoms with Gasteiger partial charge in [-0.25, -0.2) is 9.78 Å². The third kappa shape index (κ3) is 1.99. The van der Waals surface area contributed by atoms with Crippen LogP contribution in [0.3, 0.4) is 0 Å². The molecular weight excluding hydrogens is 220 g/mol. The zero-order chi connectivity index (χ0) is 12.4. The molecule has 0 amide bonds. The van der Waals surface area contributed by atoms with Crippen molar-refractivity contribution in [2.75, 3.05) is 7.11 Å². The molecule has 1 heterocycles. The van der Waals surface area contributed by atoms with Crippen LogP contribution in [0.25, 0.3) is 11.3 Å². The Morgan fingerprint density at radius 1 is 1.47 bits per heavy atom. The van der Waals surface area contributed by atoms with Crippen molar-refractivity contribution >= 4 is 5.97 Å². The molecule has 5 heteroatoms. The van der Waals surface area contributed by atoms with Crippen LogP contribution in [-0.2, 0) is 7.05 Å². The molecule has 0 aliphatic rings. The van der Waals surface area contributed by atoms with Crippen LogP contribution in [-0.4, -0.2) is 27.7 Å². The number of aromatic carboxylic acids is 1. The number of ether oxygens (including phenoxy) is 1. The number of nitrogens with zero attached hydrogens (tertiary/aromatic N) is 2. The standard InChI is InChI=1S/C12H12N2O3/c1-14-10(7-13-11(14)12(15)16)8-4-3-5-9(6-8)17-2/h3-7H,1-2H3,(H,15,16). The molecule has 0 fully saturated rings. The van der Waals surface area contributed by atoms with E-state index in [1.165, 1.54) is 10.8 Å². The van der Waals surface area contributed by atoms with Gasteiger partial charge in [-0.05, 0) is 12.1 Å². The number of aromatic nitrogens is 2. The van der Waals surface area contributed by atoms with Gasteiger partial charge in [0.15, 0.2) is 0 Å². The number of benzene rings is 1. The highest BCUT2D eigenvalue weighted by Gasteiger charge is 2.14. The van der Waals surface area contributed by atoms with E-state index in [4.69, 9.17) is 9.84 Å². The third-order valence-electron chi connectivity index (χ3n) is 2.54. The van der Waals surface area contributed by atoms with Gasteiger partial charge in [-0.15, -0.1) is 0 Å². The minimum absolute atomic E-state index is 0.0165. The molecule has 17 heavy (non-hydrogen) atoms. The second kappa shape index (κ2) is 4.29. The minimum atomic E-state index is -1.04. The first-order valence-electron chi connectivity index (χ1n) is 5.03. The van der Waals surface area contributed by atoms with E-state index in [0.717, 1.165) is 17.0 Å². The first kappa shape index (κ1) is 11.2. The highest BCUT2D eigenvalue weighted by molar-refractivity contribution is 5.84. The van der Waals surface area contributed by atoms with Gasteiger partial charge in [0.1, 0.15) is 5.75 Å². The first-order chi connectivity index (χ1) is 8.13. The van der Waals surface area contributed by atoms with E-state index in [2.05, 4.69) is 4.98 Å². The monoisotopic (exact) mass is 232 g/mol. The molecule has 1 aromatic carbocycles. The number of methoxy groups -OCH3 is 1. The fourth-order valence-electron chi connectivity index (χ4n) is 1.66. The number of carboxylic acids is 1. The van der Waals surface area contributed by atoms with Gasteiger partial charge >= 0.3 is 5.97 Å². The first-order valence-corrected chi connectivity index (χ1v) is 5.03. The van der Waals surface area contributed by atoms with Crippen LogP contribution in [0.4, 0.5) is 0 Å². The summed E-state index contributed by atoms with van der Waals surface area (Å²) in [7, 11) is 3.26. The van der Waals surface area contributed by atoms with Crippen molar-refractivity contribution in [3.63, 3.8) is 0 Å². The average molecular weight is 232 g/mol. The number of imidazole rings is 1. The molecule has 0 aliphatic heterocycles. The molecule has 2 rings (SSSR count). The fraction of sp³-hybridized carbons (Fsp3) is 0.167. The predicted octanol–water partition coefficient (Wildman–Crippen LogP) is 1.79. The number of rotatable bonds is 3. The summed E-state index contributed by atoms with van der Waals surface area (Å²) >= 11 is 0. The molecule has 0 saturated heterocycles. The van der Waals surface area contributed by atoms with Gasteiger partial charge in [0.2, 0.25) is 5.82 Å². The van der Waals surface area contributed by atoms with Crippen molar-refractivity contribution in [3.05, 3.63) is 36.3 Å². The van der Waals surface area contributed by atoms with Crippen molar-refractivity contribution in [3.8, 4) is 17.0 Å². The Kier molecular flexibility index (Phi) is 2.82. The topological polar surface area (TPSA) is 64.3 Å². The molecule has 1 aromatic heterocycles. The average Bonchev–Trinajstić information content (AvgIpc) is 2.71. The Morgan fingerprint density at radius 2 is 2.24 bits per heavy atom. The lowest BCUT2D eigenvalue weighted by molar-refractivity contribution is 0.0680. The van der Waals surface area contributed by atoms with Gasteiger partial charge < -0.3 is 14.4 Å². The van der Waals surface area contributed by atoms with E-state index >= 15 is 0 Å². The second-order valence-corrected chi connectivity index (χ2v) is 3.56. The van der Waals surface area contributed by atoms with Crippen LogP contribution in [0.5, 0.6) is 5.75 Å². The number of carbonyl (C=O) groups is 1. The molecule has 2 aromatic rings. The molecule has 88 valence electrons. The van der Waals surface area contributed by atoms with Crippen LogP contribution >= 0.6 is 0 Å². The summed E-state index contributed by atoms with van der Waals surface area (Å²) in [5, 5.41) is 8.92. The molecule has 0 radical (unpaired) electrons.